The van der Waals surface area contributed by atoms with Crippen LogP contribution in [-0.4, -0.2) is 29.6 Å². The first kappa shape index (κ1) is 10.7. The number of nitriles is 1. The van der Waals surface area contributed by atoms with Crippen LogP contribution < -0.4 is 10.2 Å². The molecule has 0 atom stereocenters. The topological polar surface area (TPSA) is 64.8 Å². The van der Waals surface area contributed by atoms with Crippen molar-refractivity contribution in [3.05, 3.63) is 12.4 Å². The lowest BCUT2D eigenvalue weighted by molar-refractivity contribution is 0.878. The van der Waals surface area contributed by atoms with Gasteiger partial charge in [-0.15, -0.1) is 0 Å². The van der Waals surface area contributed by atoms with Gasteiger partial charge in [-0.1, -0.05) is 0 Å². The Kier molecular flexibility index (Phi) is 3.20. The van der Waals surface area contributed by atoms with Gasteiger partial charge in [0.1, 0.15) is 18.0 Å². The second-order valence-electron chi connectivity index (χ2n) is 4.01. The van der Waals surface area contributed by atoms with Crippen molar-refractivity contribution >= 4 is 11.6 Å². The van der Waals surface area contributed by atoms with E-state index < -0.39 is 0 Å². The summed E-state index contributed by atoms with van der Waals surface area (Å²) < 4.78 is 0. The zero-order valence-electron chi connectivity index (χ0n) is 9.35. The average Bonchev–Trinajstić information content (AvgIpc) is 3.10. The molecule has 1 fully saturated rings. The second kappa shape index (κ2) is 4.79. The summed E-state index contributed by atoms with van der Waals surface area (Å²) in [5, 5.41) is 11.8. The molecule has 0 bridgehead atoms. The van der Waals surface area contributed by atoms with Crippen LogP contribution in [0.25, 0.3) is 0 Å². The minimum absolute atomic E-state index is 0.506. The maximum Gasteiger partial charge on any atom is 0.133 e. The van der Waals surface area contributed by atoms with Gasteiger partial charge in [-0.05, 0) is 12.8 Å². The molecule has 0 amide bonds. The van der Waals surface area contributed by atoms with E-state index in [-0.39, 0.29) is 0 Å². The molecular weight excluding hydrogens is 202 g/mol. The molecular formula is C11H15N5. The Morgan fingerprint density at radius 1 is 1.56 bits per heavy atom. The summed E-state index contributed by atoms with van der Waals surface area (Å²) in [6.45, 7) is 0.691. The van der Waals surface area contributed by atoms with Gasteiger partial charge in [0.05, 0.1) is 12.5 Å². The lowest BCUT2D eigenvalue weighted by Gasteiger charge is -2.16. The van der Waals surface area contributed by atoms with Crippen LogP contribution in [0.3, 0.4) is 0 Å². The molecule has 0 radical (unpaired) electrons. The van der Waals surface area contributed by atoms with E-state index in [0.29, 0.717) is 19.0 Å². The summed E-state index contributed by atoms with van der Waals surface area (Å²) in [4.78, 5) is 10.3. The SMILES string of the molecule is CN(CCC#N)c1cc(NC2CC2)ncn1. The van der Waals surface area contributed by atoms with Crippen molar-refractivity contribution in [2.24, 2.45) is 0 Å². The molecule has 0 spiro atoms. The number of nitrogens with one attached hydrogen (secondary N) is 1. The molecule has 1 aromatic heterocycles. The Morgan fingerprint density at radius 3 is 3.06 bits per heavy atom. The molecule has 1 aliphatic rings. The Labute approximate surface area is 95.1 Å². The molecule has 0 aliphatic heterocycles. The van der Waals surface area contributed by atoms with E-state index in [0.717, 1.165) is 11.6 Å². The highest BCUT2D eigenvalue weighted by Gasteiger charge is 2.21. The smallest absolute Gasteiger partial charge is 0.133 e. The van der Waals surface area contributed by atoms with Crippen molar-refractivity contribution in [3.8, 4) is 6.07 Å². The lowest BCUT2D eigenvalue weighted by Crippen LogP contribution is -2.19. The second-order valence-corrected chi connectivity index (χ2v) is 4.01. The molecule has 1 aromatic rings. The van der Waals surface area contributed by atoms with Crippen LogP contribution in [0.1, 0.15) is 19.3 Å². The summed E-state index contributed by atoms with van der Waals surface area (Å²) in [6, 6.07) is 4.64. The Hall–Kier alpha value is -1.83. The van der Waals surface area contributed by atoms with Gasteiger partial charge in [0.25, 0.3) is 0 Å². The van der Waals surface area contributed by atoms with Gasteiger partial charge in [-0.25, -0.2) is 9.97 Å². The van der Waals surface area contributed by atoms with Crippen molar-refractivity contribution < 1.29 is 0 Å². The molecule has 16 heavy (non-hydrogen) atoms. The number of rotatable bonds is 5. The number of hydrogen-bond donors (Lipinski definition) is 1. The van der Waals surface area contributed by atoms with E-state index in [2.05, 4.69) is 21.4 Å². The largest absolute Gasteiger partial charge is 0.367 e. The number of nitrogens with zero attached hydrogens (tertiary/aromatic N) is 4. The highest BCUT2D eigenvalue weighted by Crippen LogP contribution is 2.24. The fourth-order valence-electron chi connectivity index (χ4n) is 1.40. The van der Waals surface area contributed by atoms with Crippen molar-refractivity contribution in [2.75, 3.05) is 23.8 Å². The molecule has 2 rings (SSSR count). The minimum atomic E-state index is 0.506. The van der Waals surface area contributed by atoms with E-state index in [1.807, 2.05) is 18.0 Å². The van der Waals surface area contributed by atoms with Gasteiger partial charge >= 0.3 is 0 Å². The highest BCUT2D eigenvalue weighted by molar-refractivity contribution is 5.48. The summed E-state index contributed by atoms with van der Waals surface area (Å²) in [5.74, 6) is 1.73. The highest BCUT2D eigenvalue weighted by atomic mass is 15.2. The predicted molar refractivity (Wildman–Crippen MR) is 62.2 cm³/mol. The maximum atomic E-state index is 8.52. The fraction of sp³-hybridized carbons (Fsp3) is 0.545. The summed E-state index contributed by atoms with van der Waals surface area (Å²) in [5.41, 5.74) is 0. The third-order valence-electron chi connectivity index (χ3n) is 2.53. The van der Waals surface area contributed by atoms with Crippen molar-refractivity contribution in [1.82, 2.24) is 9.97 Å². The van der Waals surface area contributed by atoms with Crippen LogP contribution >= 0.6 is 0 Å². The van der Waals surface area contributed by atoms with Crippen molar-refractivity contribution in [1.29, 1.82) is 5.26 Å². The number of anilines is 2. The van der Waals surface area contributed by atoms with E-state index >= 15 is 0 Å². The summed E-state index contributed by atoms with van der Waals surface area (Å²) >= 11 is 0. The standard InChI is InChI=1S/C11H15N5/c1-16(6-2-5-12)11-7-10(13-8-14-11)15-9-3-4-9/h7-9H,2-4,6H2,1H3,(H,13,14,15). The quantitative estimate of drug-likeness (QED) is 0.807. The van der Waals surface area contributed by atoms with E-state index in [1.54, 1.807) is 6.33 Å². The lowest BCUT2D eigenvalue weighted by atomic mass is 10.4. The Bertz CT molecular complexity index is 394. The molecule has 1 aliphatic carbocycles. The van der Waals surface area contributed by atoms with Gasteiger partial charge in [0, 0.05) is 25.7 Å². The molecule has 5 heteroatoms. The molecule has 1 saturated carbocycles. The van der Waals surface area contributed by atoms with Crippen molar-refractivity contribution in [2.45, 2.75) is 25.3 Å². The maximum absolute atomic E-state index is 8.52. The van der Waals surface area contributed by atoms with Crippen LogP contribution in [0.15, 0.2) is 12.4 Å². The van der Waals surface area contributed by atoms with Crippen LogP contribution in [-0.2, 0) is 0 Å². The zero-order valence-corrected chi connectivity index (χ0v) is 9.35. The monoisotopic (exact) mass is 217 g/mol. The summed E-state index contributed by atoms with van der Waals surface area (Å²) in [7, 11) is 1.93. The fourth-order valence-corrected chi connectivity index (χ4v) is 1.40. The molecule has 1 N–H and O–H groups in total. The normalized spacial score (nSPS) is 14.2. The van der Waals surface area contributed by atoms with Gasteiger partial charge in [-0.2, -0.15) is 5.26 Å². The first-order valence-corrected chi connectivity index (χ1v) is 5.46. The predicted octanol–water partition coefficient (Wildman–Crippen LogP) is 1.40. The number of aromatic nitrogens is 2. The van der Waals surface area contributed by atoms with Crippen LogP contribution in [0, 0.1) is 11.3 Å². The zero-order chi connectivity index (χ0) is 11.4. The minimum Gasteiger partial charge on any atom is -0.367 e. The number of hydrogen-bond acceptors (Lipinski definition) is 5. The van der Waals surface area contributed by atoms with Crippen LogP contribution in [0.4, 0.5) is 11.6 Å². The van der Waals surface area contributed by atoms with Crippen LogP contribution in [0.5, 0.6) is 0 Å². The van der Waals surface area contributed by atoms with Gasteiger partial charge < -0.3 is 10.2 Å². The third kappa shape index (κ3) is 2.83. The Balaban J connectivity index is 1.99. The molecule has 0 saturated heterocycles. The molecule has 1 heterocycles. The van der Waals surface area contributed by atoms with Crippen molar-refractivity contribution in [3.63, 3.8) is 0 Å². The van der Waals surface area contributed by atoms with E-state index in [9.17, 15) is 0 Å². The first-order chi connectivity index (χ1) is 7.79. The molecule has 84 valence electrons. The summed E-state index contributed by atoms with van der Waals surface area (Å²) in [6.07, 6.45) is 4.52. The van der Waals surface area contributed by atoms with Gasteiger partial charge in [-0.3, -0.25) is 0 Å². The Morgan fingerprint density at radius 2 is 2.38 bits per heavy atom. The van der Waals surface area contributed by atoms with E-state index in [1.165, 1.54) is 12.8 Å². The molecule has 0 aromatic carbocycles. The third-order valence-corrected chi connectivity index (χ3v) is 2.53. The van der Waals surface area contributed by atoms with Gasteiger partial charge in [0.2, 0.25) is 0 Å². The molecule has 0 unspecified atom stereocenters. The van der Waals surface area contributed by atoms with Gasteiger partial charge in [0.15, 0.2) is 0 Å². The van der Waals surface area contributed by atoms with E-state index in [4.69, 9.17) is 5.26 Å². The average molecular weight is 217 g/mol. The molecule has 5 nitrogen and oxygen atoms in total. The first-order valence-electron chi connectivity index (χ1n) is 5.46. The van der Waals surface area contributed by atoms with Crippen LogP contribution in [0.2, 0.25) is 0 Å².